The third-order valence-electron chi connectivity index (χ3n) is 4.80. The third kappa shape index (κ3) is 6.68. The molecule has 3 rings (SSSR count). The molecule has 0 bridgehead atoms. The molecule has 0 radical (unpaired) electrons. The van der Waals surface area contributed by atoms with Crippen LogP contribution >= 0.6 is 34.8 Å². The van der Waals surface area contributed by atoms with Crippen molar-refractivity contribution in [2.45, 2.75) is 19.6 Å². The quantitative estimate of drug-likeness (QED) is 0.333. The van der Waals surface area contributed by atoms with E-state index in [9.17, 15) is 0 Å². The second-order valence-corrected chi connectivity index (χ2v) is 8.14. The zero-order valence-corrected chi connectivity index (χ0v) is 19.7. The van der Waals surface area contributed by atoms with Gasteiger partial charge in [0, 0.05) is 33.2 Å². The summed E-state index contributed by atoms with van der Waals surface area (Å²) in [6.45, 7) is 1.72. The van der Waals surface area contributed by atoms with E-state index in [0.29, 0.717) is 33.1 Å². The van der Waals surface area contributed by atoms with Crippen molar-refractivity contribution in [2.75, 3.05) is 20.8 Å². The standard InChI is InChI=1S/C24H24Cl3NO3/c1-29-20-7-3-16(4-8-20)9-10-28-14-18-11-23(30-2)24(13-22(18)27)31-15-17-5-6-19(25)12-21(17)26/h3-8,11-13,28H,9-10,14-15H2,1-2H3. The van der Waals surface area contributed by atoms with Crippen LogP contribution in [0.2, 0.25) is 15.1 Å². The van der Waals surface area contributed by atoms with Gasteiger partial charge in [-0.2, -0.15) is 0 Å². The summed E-state index contributed by atoms with van der Waals surface area (Å²) >= 11 is 18.7. The van der Waals surface area contributed by atoms with Gasteiger partial charge in [-0.15, -0.1) is 0 Å². The van der Waals surface area contributed by atoms with Crippen LogP contribution in [0.15, 0.2) is 54.6 Å². The molecule has 3 aromatic carbocycles. The number of benzene rings is 3. The molecule has 0 spiro atoms. The normalized spacial score (nSPS) is 10.7. The van der Waals surface area contributed by atoms with Crippen molar-refractivity contribution in [3.8, 4) is 17.2 Å². The lowest BCUT2D eigenvalue weighted by Gasteiger charge is -2.15. The Hall–Kier alpha value is -2.11. The molecule has 4 nitrogen and oxygen atoms in total. The van der Waals surface area contributed by atoms with Crippen LogP contribution in [0.25, 0.3) is 0 Å². The predicted molar refractivity (Wildman–Crippen MR) is 127 cm³/mol. The molecule has 0 amide bonds. The largest absolute Gasteiger partial charge is 0.497 e. The number of halogens is 3. The molecule has 1 N–H and O–H groups in total. The molecule has 0 aliphatic heterocycles. The number of hydrogen-bond donors (Lipinski definition) is 1. The number of methoxy groups -OCH3 is 2. The molecular formula is C24H24Cl3NO3. The Bertz CT molecular complexity index is 1010. The maximum absolute atomic E-state index is 6.49. The summed E-state index contributed by atoms with van der Waals surface area (Å²) in [7, 11) is 3.27. The summed E-state index contributed by atoms with van der Waals surface area (Å²) in [4.78, 5) is 0. The van der Waals surface area contributed by atoms with E-state index < -0.39 is 0 Å². The average molecular weight is 481 g/mol. The van der Waals surface area contributed by atoms with Gasteiger partial charge in [0.25, 0.3) is 0 Å². The molecule has 0 heterocycles. The first-order chi connectivity index (χ1) is 15.0. The van der Waals surface area contributed by atoms with Crippen LogP contribution in [-0.2, 0) is 19.6 Å². The van der Waals surface area contributed by atoms with Crippen LogP contribution in [0.3, 0.4) is 0 Å². The Morgan fingerprint density at radius 3 is 2.19 bits per heavy atom. The Morgan fingerprint density at radius 1 is 0.774 bits per heavy atom. The van der Waals surface area contributed by atoms with Gasteiger partial charge in [0.1, 0.15) is 12.4 Å². The first-order valence-corrected chi connectivity index (χ1v) is 10.9. The van der Waals surface area contributed by atoms with E-state index in [1.807, 2.05) is 24.3 Å². The van der Waals surface area contributed by atoms with E-state index in [1.54, 1.807) is 32.4 Å². The number of nitrogens with one attached hydrogen (secondary N) is 1. The second kappa shape index (κ2) is 11.5. The maximum Gasteiger partial charge on any atom is 0.163 e. The average Bonchev–Trinajstić information content (AvgIpc) is 2.77. The zero-order chi connectivity index (χ0) is 22.2. The summed E-state index contributed by atoms with van der Waals surface area (Å²) in [5.74, 6) is 2.03. The molecule has 0 unspecified atom stereocenters. The van der Waals surface area contributed by atoms with E-state index in [4.69, 9.17) is 49.0 Å². The van der Waals surface area contributed by atoms with E-state index in [2.05, 4.69) is 17.4 Å². The number of ether oxygens (including phenoxy) is 3. The van der Waals surface area contributed by atoms with E-state index in [1.165, 1.54) is 5.56 Å². The highest BCUT2D eigenvalue weighted by molar-refractivity contribution is 6.35. The summed E-state index contributed by atoms with van der Waals surface area (Å²) in [6.07, 6.45) is 0.905. The Balaban J connectivity index is 1.57. The highest BCUT2D eigenvalue weighted by Gasteiger charge is 2.12. The molecular weight excluding hydrogens is 457 g/mol. The van der Waals surface area contributed by atoms with Crippen molar-refractivity contribution in [1.29, 1.82) is 0 Å². The number of rotatable bonds is 10. The summed E-state index contributed by atoms with van der Waals surface area (Å²) in [5, 5.41) is 5.16. The minimum atomic E-state index is 0.280. The smallest absolute Gasteiger partial charge is 0.163 e. The molecule has 0 fully saturated rings. The molecule has 3 aromatic rings. The molecule has 0 saturated heterocycles. The molecule has 0 saturated carbocycles. The minimum Gasteiger partial charge on any atom is -0.497 e. The van der Waals surface area contributed by atoms with Gasteiger partial charge in [-0.25, -0.2) is 0 Å². The summed E-state index contributed by atoms with van der Waals surface area (Å²) in [5.41, 5.74) is 3.00. The lowest BCUT2D eigenvalue weighted by Crippen LogP contribution is -2.17. The Morgan fingerprint density at radius 2 is 1.52 bits per heavy atom. The van der Waals surface area contributed by atoms with E-state index >= 15 is 0 Å². The van der Waals surface area contributed by atoms with Gasteiger partial charge in [0.15, 0.2) is 11.5 Å². The molecule has 0 aliphatic carbocycles. The summed E-state index contributed by atoms with van der Waals surface area (Å²) < 4.78 is 16.6. The van der Waals surface area contributed by atoms with Crippen molar-refractivity contribution in [1.82, 2.24) is 5.32 Å². The molecule has 7 heteroatoms. The van der Waals surface area contributed by atoms with E-state index in [-0.39, 0.29) is 6.61 Å². The van der Waals surface area contributed by atoms with Crippen molar-refractivity contribution in [3.63, 3.8) is 0 Å². The SMILES string of the molecule is COc1ccc(CCNCc2cc(OC)c(OCc3ccc(Cl)cc3Cl)cc2Cl)cc1. The molecule has 31 heavy (non-hydrogen) atoms. The summed E-state index contributed by atoms with van der Waals surface area (Å²) in [6, 6.07) is 17.0. The number of hydrogen-bond acceptors (Lipinski definition) is 4. The predicted octanol–water partition coefficient (Wildman–Crippen LogP) is 6.58. The topological polar surface area (TPSA) is 39.7 Å². The van der Waals surface area contributed by atoms with Gasteiger partial charge in [-0.05, 0) is 54.4 Å². The molecule has 0 aromatic heterocycles. The monoisotopic (exact) mass is 479 g/mol. The van der Waals surface area contributed by atoms with Gasteiger partial charge >= 0.3 is 0 Å². The Labute approximate surface area is 198 Å². The van der Waals surface area contributed by atoms with Gasteiger partial charge in [0.2, 0.25) is 0 Å². The fourth-order valence-electron chi connectivity index (χ4n) is 3.03. The minimum absolute atomic E-state index is 0.280. The maximum atomic E-state index is 6.49. The zero-order valence-electron chi connectivity index (χ0n) is 17.4. The lowest BCUT2D eigenvalue weighted by molar-refractivity contribution is 0.284. The molecule has 0 atom stereocenters. The van der Waals surface area contributed by atoms with E-state index in [0.717, 1.165) is 29.8 Å². The Kier molecular flexibility index (Phi) is 8.73. The second-order valence-electron chi connectivity index (χ2n) is 6.89. The van der Waals surface area contributed by atoms with Crippen LogP contribution in [0.5, 0.6) is 17.2 Å². The van der Waals surface area contributed by atoms with Crippen LogP contribution in [0, 0.1) is 0 Å². The highest BCUT2D eigenvalue weighted by atomic mass is 35.5. The third-order valence-corrected chi connectivity index (χ3v) is 5.73. The van der Waals surface area contributed by atoms with Crippen LogP contribution in [0.1, 0.15) is 16.7 Å². The van der Waals surface area contributed by atoms with Crippen LogP contribution in [0.4, 0.5) is 0 Å². The van der Waals surface area contributed by atoms with Crippen molar-refractivity contribution in [2.24, 2.45) is 0 Å². The first kappa shape index (κ1) is 23.6. The van der Waals surface area contributed by atoms with Crippen LogP contribution < -0.4 is 19.5 Å². The first-order valence-electron chi connectivity index (χ1n) is 9.77. The lowest BCUT2D eigenvalue weighted by atomic mass is 10.1. The van der Waals surface area contributed by atoms with Crippen molar-refractivity contribution in [3.05, 3.63) is 86.4 Å². The molecule has 164 valence electrons. The molecule has 0 aliphatic rings. The van der Waals surface area contributed by atoms with Crippen molar-refractivity contribution < 1.29 is 14.2 Å². The fourth-order valence-corrected chi connectivity index (χ4v) is 3.71. The van der Waals surface area contributed by atoms with Gasteiger partial charge < -0.3 is 19.5 Å². The van der Waals surface area contributed by atoms with Gasteiger partial charge in [0.05, 0.1) is 14.2 Å². The van der Waals surface area contributed by atoms with Crippen molar-refractivity contribution >= 4 is 34.8 Å². The van der Waals surface area contributed by atoms with Gasteiger partial charge in [-0.1, -0.05) is 53.0 Å². The van der Waals surface area contributed by atoms with Crippen LogP contribution in [-0.4, -0.2) is 20.8 Å². The highest BCUT2D eigenvalue weighted by Crippen LogP contribution is 2.34. The fraction of sp³-hybridized carbons (Fsp3) is 0.250. The van der Waals surface area contributed by atoms with Gasteiger partial charge in [-0.3, -0.25) is 0 Å².